The quantitative estimate of drug-likeness (QED) is 0.700. The van der Waals surface area contributed by atoms with Gasteiger partial charge in [0.15, 0.2) is 6.61 Å². The molecule has 1 aromatic heterocycles. The fraction of sp³-hybridized carbons (Fsp3) is 0.286. The number of ether oxygens (including phenoxy) is 2. The molecule has 3 aromatic rings. The van der Waals surface area contributed by atoms with Crippen molar-refractivity contribution in [2.75, 3.05) is 32.9 Å². The second-order valence-corrected chi connectivity index (χ2v) is 7.45. The van der Waals surface area contributed by atoms with Gasteiger partial charge >= 0.3 is 5.97 Å². The van der Waals surface area contributed by atoms with Crippen molar-refractivity contribution in [1.82, 2.24) is 4.90 Å². The predicted molar refractivity (Wildman–Crippen MR) is 106 cm³/mol. The molecule has 1 N–H and O–H groups in total. The Morgan fingerprint density at radius 3 is 2.81 bits per heavy atom. The number of benzene rings is 2. The van der Waals surface area contributed by atoms with Gasteiger partial charge in [-0.1, -0.05) is 24.3 Å². The molecule has 1 aliphatic rings. The molecule has 5 nitrogen and oxygen atoms in total. The van der Waals surface area contributed by atoms with Crippen LogP contribution in [-0.2, 0) is 16.1 Å². The first-order chi connectivity index (χ1) is 13.2. The van der Waals surface area contributed by atoms with Crippen LogP contribution in [0.1, 0.15) is 5.56 Å². The number of thiophene rings is 1. The zero-order valence-electron chi connectivity index (χ0n) is 14.9. The van der Waals surface area contributed by atoms with Crippen molar-refractivity contribution >= 4 is 27.4 Å². The summed E-state index contributed by atoms with van der Waals surface area (Å²) in [7, 11) is 0. The summed E-state index contributed by atoms with van der Waals surface area (Å²) in [5.74, 6) is -0.340. The lowest BCUT2D eigenvalue weighted by Crippen LogP contribution is -2.35. The minimum atomic E-state index is -0.972. The third-order valence-corrected chi connectivity index (χ3v) is 5.66. The van der Waals surface area contributed by atoms with E-state index >= 15 is 0 Å². The van der Waals surface area contributed by atoms with Crippen molar-refractivity contribution in [3.8, 4) is 16.9 Å². The Morgan fingerprint density at radius 1 is 1.19 bits per heavy atom. The Kier molecular flexibility index (Phi) is 5.38. The number of nitrogens with zero attached hydrogens (tertiary/aromatic N) is 1. The number of morpholine rings is 1. The second-order valence-electron chi connectivity index (χ2n) is 6.54. The van der Waals surface area contributed by atoms with Crippen LogP contribution in [0.2, 0.25) is 0 Å². The molecule has 2 aromatic carbocycles. The molecule has 140 valence electrons. The number of carboxylic acid groups (broad SMARTS) is 1. The van der Waals surface area contributed by atoms with Crippen LogP contribution < -0.4 is 4.74 Å². The summed E-state index contributed by atoms with van der Waals surface area (Å²) in [6.07, 6.45) is 0. The average Bonchev–Trinajstić information content (AvgIpc) is 3.12. The smallest absolute Gasteiger partial charge is 0.341 e. The highest BCUT2D eigenvalue weighted by Gasteiger charge is 2.16. The van der Waals surface area contributed by atoms with E-state index in [1.807, 2.05) is 12.1 Å². The SMILES string of the molecule is O=C(O)COc1ccc(-c2csc3ccccc23)cc1CN1CCOCC1. The molecule has 0 radical (unpaired) electrons. The predicted octanol–water partition coefficient (Wildman–Crippen LogP) is 3.86. The van der Waals surface area contributed by atoms with E-state index in [0.717, 1.165) is 37.4 Å². The number of carbonyl (C=O) groups is 1. The summed E-state index contributed by atoms with van der Waals surface area (Å²) < 4.78 is 12.2. The molecule has 2 heterocycles. The van der Waals surface area contributed by atoms with E-state index in [-0.39, 0.29) is 6.61 Å². The first kappa shape index (κ1) is 18.0. The molecule has 0 aliphatic carbocycles. The number of fused-ring (bicyclic) bond motifs is 1. The maximum Gasteiger partial charge on any atom is 0.341 e. The Balaban J connectivity index is 1.68. The monoisotopic (exact) mass is 383 g/mol. The van der Waals surface area contributed by atoms with Gasteiger partial charge in [-0.05, 0) is 29.1 Å². The van der Waals surface area contributed by atoms with E-state index in [0.29, 0.717) is 12.3 Å². The summed E-state index contributed by atoms with van der Waals surface area (Å²) in [5.41, 5.74) is 3.33. The number of rotatable bonds is 6. The second kappa shape index (κ2) is 8.08. The highest BCUT2D eigenvalue weighted by Crippen LogP contribution is 2.36. The van der Waals surface area contributed by atoms with E-state index in [9.17, 15) is 4.79 Å². The van der Waals surface area contributed by atoms with E-state index in [4.69, 9.17) is 14.6 Å². The van der Waals surface area contributed by atoms with Crippen LogP contribution in [0.25, 0.3) is 21.2 Å². The fourth-order valence-corrected chi connectivity index (χ4v) is 4.32. The zero-order valence-corrected chi connectivity index (χ0v) is 15.7. The number of hydrogen-bond donors (Lipinski definition) is 1. The van der Waals surface area contributed by atoms with E-state index in [1.54, 1.807) is 11.3 Å². The van der Waals surface area contributed by atoms with Crippen LogP contribution in [0.15, 0.2) is 47.8 Å². The van der Waals surface area contributed by atoms with Crippen molar-refractivity contribution in [2.24, 2.45) is 0 Å². The molecule has 0 atom stereocenters. The number of carboxylic acids is 1. The lowest BCUT2D eigenvalue weighted by molar-refractivity contribution is -0.139. The molecule has 1 fully saturated rings. The van der Waals surface area contributed by atoms with Gasteiger partial charge in [-0.15, -0.1) is 11.3 Å². The van der Waals surface area contributed by atoms with Crippen LogP contribution >= 0.6 is 11.3 Å². The Hall–Kier alpha value is -2.41. The molecule has 6 heteroatoms. The van der Waals surface area contributed by atoms with Gasteiger partial charge in [0.25, 0.3) is 0 Å². The van der Waals surface area contributed by atoms with Crippen LogP contribution in [0.4, 0.5) is 0 Å². The first-order valence-corrected chi connectivity index (χ1v) is 9.83. The molecule has 1 saturated heterocycles. The highest BCUT2D eigenvalue weighted by molar-refractivity contribution is 7.17. The highest BCUT2D eigenvalue weighted by atomic mass is 32.1. The Bertz CT molecular complexity index is 946. The molecule has 27 heavy (non-hydrogen) atoms. The van der Waals surface area contributed by atoms with Gasteiger partial charge in [0.05, 0.1) is 13.2 Å². The van der Waals surface area contributed by atoms with Gasteiger partial charge < -0.3 is 14.6 Å². The van der Waals surface area contributed by atoms with Crippen molar-refractivity contribution in [1.29, 1.82) is 0 Å². The number of aliphatic carboxylic acids is 1. The topological polar surface area (TPSA) is 59.0 Å². The van der Waals surface area contributed by atoms with Crippen molar-refractivity contribution in [3.05, 3.63) is 53.4 Å². The molecular formula is C21H21NO4S. The number of hydrogen-bond acceptors (Lipinski definition) is 5. The lowest BCUT2D eigenvalue weighted by atomic mass is 10.0. The molecule has 4 rings (SSSR count). The molecule has 0 bridgehead atoms. The van der Waals surface area contributed by atoms with E-state index in [1.165, 1.54) is 15.6 Å². The minimum absolute atomic E-state index is 0.336. The summed E-state index contributed by atoms with van der Waals surface area (Å²) >= 11 is 1.73. The summed E-state index contributed by atoms with van der Waals surface area (Å²) in [6.45, 7) is 3.55. The molecule has 1 aliphatic heterocycles. The van der Waals surface area contributed by atoms with Gasteiger partial charge in [0.2, 0.25) is 0 Å². The van der Waals surface area contributed by atoms with E-state index in [2.05, 4.69) is 40.6 Å². The zero-order chi connectivity index (χ0) is 18.6. The summed E-state index contributed by atoms with van der Waals surface area (Å²) in [4.78, 5) is 13.2. The molecule has 0 unspecified atom stereocenters. The van der Waals surface area contributed by atoms with Crippen molar-refractivity contribution in [3.63, 3.8) is 0 Å². The Morgan fingerprint density at radius 2 is 2.00 bits per heavy atom. The van der Waals surface area contributed by atoms with Crippen LogP contribution in [0.3, 0.4) is 0 Å². The minimum Gasteiger partial charge on any atom is -0.482 e. The molecule has 0 amide bonds. The third kappa shape index (κ3) is 4.13. The molecular weight excluding hydrogens is 362 g/mol. The van der Waals surface area contributed by atoms with Crippen molar-refractivity contribution < 1.29 is 19.4 Å². The van der Waals surface area contributed by atoms with Crippen LogP contribution in [0.5, 0.6) is 5.75 Å². The lowest BCUT2D eigenvalue weighted by Gasteiger charge is -2.27. The van der Waals surface area contributed by atoms with E-state index < -0.39 is 5.97 Å². The maximum atomic E-state index is 10.9. The molecule has 0 saturated carbocycles. The fourth-order valence-electron chi connectivity index (χ4n) is 3.35. The molecule has 0 spiro atoms. The van der Waals surface area contributed by atoms with Gasteiger partial charge in [-0.2, -0.15) is 0 Å². The third-order valence-electron chi connectivity index (χ3n) is 4.70. The standard InChI is InChI=1S/C21H21NO4S/c23-21(24)13-26-19-6-5-15(11-16(19)12-22-7-9-25-10-8-22)18-14-27-20-4-2-1-3-17(18)20/h1-6,11,14H,7-10,12-13H2,(H,23,24). The average molecular weight is 383 g/mol. The van der Waals surface area contributed by atoms with Crippen LogP contribution in [-0.4, -0.2) is 48.9 Å². The summed E-state index contributed by atoms with van der Waals surface area (Å²) in [5, 5.41) is 12.4. The normalized spacial score (nSPS) is 15.1. The van der Waals surface area contributed by atoms with Gasteiger partial charge in [-0.25, -0.2) is 4.79 Å². The largest absolute Gasteiger partial charge is 0.482 e. The van der Waals surface area contributed by atoms with Crippen molar-refractivity contribution in [2.45, 2.75) is 6.54 Å². The maximum absolute atomic E-state index is 10.9. The summed E-state index contributed by atoms with van der Waals surface area (Å²) in [6, 6.07) is 14.4. The van der Waals surface area contributed by atoms with Gasteiger partial charge in [-0.3, -0.25) is 4.90 Å². The first-order valence-electron chi connectivity index (χ1n) is 8.95. The van der Waals surface area contributed by atoms with Crippen LogP contribution in [0, 0.1) is 0 Å². The Labute approximate surface area is 161 Å². The van der Waals surface area contributed by atoms with Gasteiger partial charge in [0, 0.05) is 40.8 Å². The van der Waals surface area contributed by atoms with Gasteiger partial charge in [0.1, 0.15) is 5.75 Å².